The van der Waals surface area contributed by atoms with Crippen LogP contribution in [0.15, 0.2) is 53.9 Å². The molecule has 0 aliphatic carbocycles. The van der Waals surface area contributed by atoms with Crippen molar-refractivity contribution in [3.63, 3.8) is 0 Å². The lowest BCUT2D eigenvalue weighted by atomic mass is 10.1. The Morgan fingerprint density at radius 3 is 2.73 bits per heavy atom. The molecule has 0 radical (unpaired) electrons. The molecule has 2 heterocycles. The molecule has 0 unspecified atom stereocenters. The maximum absolute atomic E-state index is 12.9. The van der Waals surface area contributed by atoms with E-state index in [4.69, 9.17) is 14.2 Å². The average molecular weight is 468 g/mol. The van der Waals surface area contributed by atoms with Crippen LogP contribution < -0.4 is 14.8 Å². The van der Waals surface area contributed by atoms with E-state index in [2.05, 4.69) is 10.3 Å². The fourth-order valence-corrected chi connectivity index (χ4v) is 4.43. The summed E-state index contributed by atoms with van der Waals surface area (Å²) in [5.74, 6) is 1.03. The van der Waals surface area contributed by atoms with Crippen molar-refractivity contribution < 1.29 is 23.8 Å². The second-order valence-electron chi connectivity index (χ2n) is 7.48. The van der Waals surface area contributed by atoms with Crippen molar-refractivity contribution in [2.75, 3.05) is 26.1 Å². The van der Waals surface area contributed by atoms with Gasteiger partial charge in [-0.1, -0.05) is 30.3 Å². The first-order valence-electron chi connectivity index (χ1n) is 10.5. The van der Waals surface area contributed by atoms with Gasteiger partial charge in [0.25, 0.3) is 0 Å². The molecule has 1 saturated heterocycles. The standard InChI is InChI=1S/C24H25N3O5S/c1-30-17-10-11-18(21(13-17)31-2)19-15-33-23(25-19)26-22(28)20-9-6-12-27(20)24(29)32-14-16-7-4-3-5-8-16/h3-5,7-8,10-11,13,15,20H,6,9,12,14H2,1-2H3,(H,25,26,28)/t20-/m0/s1. The molecule has 9 heteroatoms. The Morgan fingerprint density at radius 1 is 1.15 bits per heavy atom. The zero-order valence-electron chi connectivity index (χ0n) is 18.4. The predicted molar refractivity (Wildman–Crippen MR) is 126 cm³/mol. The highest BCUT2D eigenvalue weighted by atomic mass is 32.1. The van der Waals surface area contributed by atoms with Crippen LogP contribution in [-0.2, 0) is 16.1 Å². The van der Waals surface area contributed by atoms with Crippen LogP contribution in [0.25, 0.3) is 11.3 Å². The number of amides is 2. The van der Waals surface area contributed by atoms with Gasteiger partial charge >= 0.3 is 6.09 Å². The molecule has 2 aromatic carbocycles. The third-order valence-electron chi connectivity index (χ3n) is 5.41. The van der Waals surface area contributed by atoms with Crippen molar-refractivity contribution in [1.82, 2.24) is 9.88 Å². The molecule has 8 nitrogen and oxygen atoms in total. The number of rotatable bonds is 7. The van der Waals surface area contributed by atoms with Crippen LogP contribution in [0.1, 0.15) is 18.4 Å². The monoisotopic (exact) mass is 467 g/mol. The number of likely N-dealkylation sites (tertiary alicyclic amines) is 1. The van der Waals surface area contributed by atoms with Crippen LogP contribution in [0.2, 0.25) is 0 Å². The maximum Gasteiger partial charge on any atom is 0.410 e. The third-order valence-corrected chi connectivity index (χ3v) is 6.17. The van der Waals surface area contributed by atoms with Crippen LogP contribution in [0.5, 0.6) is 11.5 Å². The van der Waals surface area contributed by atoms with Gasteiger partial charge in [0.05, 0.1) is 19.9 Å². The number of anilines is 1. The van der Waals surface area contributed by atoms with Crippen molar-refractivity contribution in [2.45, 2.75) is 25.5 Å². The number of nitrogens with zero attached hydrogens (tertiary/aromatic N) is 2. The lowest BCUT2D eigenvalue weighted by Gasteiger charge is -2.22. The number of ether oxygens (including phenoxy) is 3. The van der Waals surface area contributed by atoms with E-state index in [1.165, 1.54) is 16.2 Å². The lowest BCUT2D eigenvalue weighted by molar-refractivity contribution is -0.120. The maximum atomic E-state index is 12.9. The predicted octanol–water partition coefficient (Wildman–Crippen LogP) is 4.57. The summed E-state index contributed by atoms with van der Waals surface area (Å²) in [4.78, 5) is 31.5. The number of benzene rings is 2. The second kappa shape index (κ2) is 10.4. The smallest absolute Gasteiger partial charge is 0.410 e. The second-order valence-corrected chi connectivity index (χ2v) is 8.34. The van der Waals surface area contributed by atoms with E-state index in [0.29, 0.717) is 35.3 Å². The van der Waals surface area contributed by atoms with Crippen molar-refractivity contribution in [3.8, 4) is 22.8 Å². The van der Waals surface area contributed by atoms with Crippen molar-refractivity contribution >= 4 is 28.5 Å². The number of carbonyl (C=O) groups excluding carboxylic acids is 2. The largest absolute Gasteiger partial charge is 0.497 e. The molecule has 0 saturated carbocycles. The number of carbonyl (C=O) groups is 2. The number of hydrogen-bond donors (Lipinski definition) is 1. The average Bonchev–Trinajstić information content (AvgIpc) is 3.53. The minimum atomic E-state index is -0.587. The highest BCUT2D eigenvalue weighted by Gasteiger charge is 2.35. The highest BCUT2D eigenvalue weighted by Crippen LogP contribution is 2.35. The summed E-state index contributed by atoms with van der Waals surface area (Å²) in [6, 6.07) is 14.3. The van der Waals surface area contributed by atoms with Crippen molar-refractivity contribution in [2.24, 2.45) is 0 Å². The number of hydrogen-bond acceptors (Lipinski definition) is 7. The quantitative estimate of drug-likeness (QED) is 0.548. The number of thiazole rings is 1. The van der Waals surface area contributed by atoms with E-state index in [1.807, 2.05) is 47.8 Å². The first-order valence-corrected chi connectivity index (χ1v) is 11.4. The van der Waals surface area contributed by atoms with Crippen LogP contribution in [0.3, 0.4) is 0 Å². The summed E-state index contributed by atoms with van der Waals surface area (Å²) >= 11 is 1.31. The fraction of sp³-hybridized carbons (Fsp3) is 0.292. The summed E-state index contributed by atoms with van der Waals surface area (Å²) in [5, 5.41) is 5.15. The number of methoxy groups -OCH3 is 2. The zero-order valence-corrected chi connectivity index (χ0v) is 19.3. The molecule has 1 aliphatic heterocycles. The van der Waals surface area contributed by atoms with Gasteiger partial charge in [0.1, 0.15) is 24.1 Å². The van der Waals surface area contributed by atoms with Gasteiger partial charge in [0.2, 0.25) is 5.91 Å². The van der Waals surface area contributed by atoms with Gasteiger partial charge in [-0.05, 0) is 30.5 Å². The van der Waals surface area contributed by atoms with E-state index in [-0.39, 0.29) is 12.5 Å². The molecule has 1 atom stereocenters. The molecule has 0 bridgehead atoms. The van der Waals surface area contributed by atoms with Crippen LogP contribution in [-0.4, -0.2) is 48.7 Å². The Balaban J connectivity index is 1.40. The fourth-order valence-electron chi connectivity index (χ4n) is 3.71. The molecule has 1 aliphatic rings. The van der Waals surface area contributed by atoms with Gasteiger partial charge in [0, 0.05) is 23.6 Å². The summed E-state index contributed by atoms with van der Waals surface area (Å²) in [6.45, 7) is 0.655. The summed E-state index contributed by atoms with van der Waals surface area (Å²) in [7, 11) is 3.17. The summed E-state index contributed by atoms with van der Waals surface area (Å²) in [6.07, 6.45) is 0.834. The number of aromatic nitrogens is 1. The Hall–Kier alpha value is -3.59. The summed E-state index contributed by atoms with van der Waals surface area (Å²) < 4.78 is 16.1. The highest BCUT2D eigenvalue weighted by molar-refractivity contribution is 7.14. The van der Waals surface area contributed by atoms with E-state index in [0.717, 1.165) is 17.5 Å². The van der Waals surface area contributed by atoms with Gasteiger partial charge in [-0.2, -0.15) is 0 Å². The Labute approximate surface area is 196 Å². The molecule has 3 aromatic rings. The molecule has 1 fully saturated rings. The summed E-state index contributed by atoms with van der Waals surface area (Å²) in [5.41, 5.74) is 2.37. The normalized spacial score (nSPS) is 15.2. The Morgan fingerprint density at radius 2 is 1.97 bits per heavy atom. The zero-order chi connectivity index (χ0) is 23.2. The van der Waals surface area contributed by atoms with E-state index in [9.17, 15) is 9.59 Å². The lowest BCUT2D eigenvalue weighted by Crippen LogP contribution is -2.43. The minimum absolute atomic E-state index is 0.171. The van der Waals surface area contributed by atoms with Gasteiger partial charge in [-0.15, -0.1) is 11.3 Å². The van der Waals surface area contributed by atoms with Gasteiger partial charge in [-0.25, -0.2) is 9.78 Å². The molecule has 2 amide bonds. The Kier molecular flexibility index (Phi) is 7.09. The molecule has 33 heavy (non-hydrogen) atoms. The first kappa shape index (κ1) is 22.6. The van der Waals surface area contributed by atoms with Crippen LogP contribution in [0.4, 0.5) is 9.93 Å². The molecule has 1 aromatic heterocycles. The van der Waals surface area contributed by atoms with Crippen LogP contribution in [0, 0.1) is 0 Å². The molecule has 0 spiro atoms. The number of nitrogens with one attached hydrogen (secondary N) is 1. The topological polar surface area (TPSA) is 90.0 Å². The van der Waals surface area contributed by atoms with Gasteiger partial charge < -0.3 is 19.5 Å². The van der Waals surface area contributed by atoms with Crippen LogP contribution >= 0.6 is 11.3 Å². The molecular weight excluding hydrogens is 442 g/mol. The Bertz CT molecular complexity index is 1120. The van der Waals surface area contributed by atoms with Crippen molar-refractivity contribution in [1.29, 1.82) is 0 Å². The molecule has 4 rings (SSSR count). The van der Waals surface area contributed by atoms with Gasteiger partial charge in [-0.3, -0.25) is 9.69 Å². The van der Waals surface area contributed by atoms with Crippen molar-refractivity contribution in [3.05, 3.63) is 59.5 Å². The molecule has 1 N–H and O–H groups in total. The minimum Gasteiger partial charge on any atom is -0.497 e. The van der Waals surface area contributed by atoms with Gasteiger partial charge in [0.15, 0.2) is 5.13 Å². The molecular formula is C24H25N3O5S. The van der Waals surface area contributed by atoms with E-state index >= 15 is 0 Å². The van der Waals surface area contributed by atoms with E-state index < -0.39 is 12.1 Å². The SMILES string of the molecule is COc1ccc(-c2csc(NC(=O)[C@@H]3CCCN3C(=O)OCc3ccccc3)n2)c(OC)c1. The third kappa shape index (κ3) is 5.25. The molecule has 172 valence electrons. The first-order chi connectivity index (χ1) is 16.1. The van der Waals surface area contributed by atoms with E-state index in [1.54, 1.807) is 20.3 Å².